The van der Waals surface area contributed by atoms with Crippen LogP contribution in [-0.4, -0.2) is 53.5 Å². The molecule has 1 aromatic heterocycles. The van der Waals surface area contributed by atoms with Gasteiger partial charge >= 0.3 is 0 Å². The fourth-order valence-corrected chi connectivity index (χ4v) is 2.13. The predicted octanol–water partition coefficient (Wildman–Crippen LogP) is 0.494. The van der Waals surface area contributed by atoms with Crippen LogP contribution in [0.5, 0.6) is 0 Å². The average Bonchev–Trinajstić information content (AvgIpc) is 2.39. The number of nitrogens with zero attached hydrogens (tertiary/aromatic N) is 3. The fraction of sp³-hybridized carbons (Fsp3) is 0.667. The number of aliphatic hydroxyl groups is 1. The topological polar surface area (TPSA) is 70.5 Å². The van der Waals surface area contributed by atoms with Gasteiger partial charge in [0.25, 0.3) is 0 Å². The first-order valence-corrected chi connectivity index (χ1v) is 6.30. The van der Waals surface area contributed by atoms with Crippen LogP contribution < -0.4 is 10.2 Å². The Hall–Kier alpha value is -1.40. The van der Waals surface area contributed by atoms with Crippen LogP contribution in [0.4, 0.5) is 11.6 Å². The van der Waals surface area contributed by atoms with Crippen molar-refractivity contribution in [2.75, 3.05) is 36.5 Å². The van der Waals surface area contributed by atoms with E-state index in [1.807, 2.05) is 19.9 Å². The van der Waals surface area contributed by atoms with Crippen LogP contribution in [0.1, 0.15) is 13.8 Å². The van der Waals surface area contributed by atoms with Crippen molar-refractivity contribution in [3.63, 3.8) is 0 Å². The molecule has 2 rings (SSSR count). The van der Waals surface area contributed by atoms with Crippen LogP contribution in [0.3, 0.4) is 0 Å². The smallest absolute Gasteiger partial charge is 0.134 e. The van der Waals surface area contributed by atoms with Gasteiger partial charge in [0.05, 0.1) is 18.8 Å². The molecule has 0 amide bonds. The number of anilines is 2. The van der Waals surface area contributed by atoms with Gasteiger partial charge in [-0.1, -0.05) is 0 Å². The lowest BCUT2D eigenvalue weighted by atomic mass is 10.2. The largest absolute Gasteiger partial charge is 0.394 e. The normalized spacial score (nSPS) is 24.1. The Morgan fingerprint density at radius 2 is 2.33 bits per heavy atom. The first-order chi connectivity index (χ1) is 8.72. The molecule has 6 nitrogen and oxygen atoms in total. The lowest BCUT2D eigenvalue weighted by Crippen LogP contribution is -2.48. The van der Waals surface area contributed by atoms with Gasteiger partial charge in [0.1, 0.15) is 18.0 Å². The molecule has 1 fully saturated rings. The second-order valence-electron chi connectivity index (χ2n) is 4.45. The van der Waals surface area contributed by atoms with E-state index in [2.05, 4.69) is 20.2 Å². The van der Waals surface area contributed by atoms with Gasteiger partial charge in [0.2, 0.25) is 0 Å². The first kappa shape index (κ1) is 13.0. The van der Waals surface area contributed by atoms with Crippen LogP contribution >= 0.6 is 0 Å². The molecule has 0 radical (unpaired) electrons. The Kier molecular flexibility index (Phi) is 4.33. The van der Waals surface area contributed by atoms with Crippen molar-refractivity contribution in [1.82, 2.24) is 9.97 Å². The van der Waals surface area contributed by atoms with E-state index in [-0.39, 0.29) is 18.8 Å². The zero-order valence-corrected chi connectivity index (χ0v) is 10.8. The minimum atomic E-state index is -0.147. The molecule has 2 atom stereocenters. The number of ether oxygens (including phenoxy) is 1. The molecule has 0 bridgehead atoms. The molecular weight excluding hydrogens is 232 g/mol. The molecule has 0 aliphatic carbocycles. The van der Waals surface area contributed by atoms with Crippen molar-refractivity contribution in [2.45, 2.75) is 26.1 Å². The monoisotopic (exact) mass is 252 g/mol. The van der Waals surface area contributed by atoms with Crippen LogP contribution in [0, 0.1) is 0 Å². The highest BCUT2D eigenvalue weighted by molar-refractivity contribution is 5.48. The van der Waals surface area contributed by atoms with Crippen molar-refractivity contribution in [1.29, 1.82) is 0 Å². The number of hydrogen-bond donors (Lipinski definition) is 2. The zero-order chi connectivity index (χ0) is 13.0. The highest BCUT2D eigenvalue weighted by Crippen LogP contribution is 2.19. The van der Waals surface area contributed by atoms with Crippen molar-refractivity contribution < 1.29 is 9.84 Å². The fourth-order valence-electron chi connectivity index (χ4n) is 2.13. The molecule has 18 heavy (non-hydrogen) atoms. The third-order valence-corrected chi connectivity index (χ3v) is 2.86. The maximum Gasteiger partial charge on any atom is 0.134 e. The minimum Gasteiger partial charge on any atom is -0.394 e. The molecule has 1 aromatic rings. The molecule has 2 heterocycles. The molecule has 100 valence electrons. The summed E-state index contributed by atoms with van der Waals surface area (Å²) in [5.41, 5.74) is 0. The van der Waals surface area contributed by atoms with Crippen molar-refractivity contribution >= 4 is 11.6 Å². The summed E-state index contributed by atoms with van der Waals surface area (Å²) in [6, 6.07) is 1.93. The van der Waals surface area contributed by atoms with E-state index in [1.165, 1.54) is 0 Å². The zero-order valence-electron chi connectivity index (χ0n) is 10.8. The molecule has 1 saturated heterocycles. The van der Waals surface area contributed by atoms with Crippen molar-refractivity contribution in [2.24, 2.45) is 0 Å². The van der Waals surface area contributed by atoms with Gasteiger partial charge in [-0.25, -0.2) is 9.97 Å². The number of hydrogen-bond acceptors (Lipinski definition) is 6. The summed E-state index contributed by atoms with van der Waals surface area (Å²) in [6.45, 7) is 6.32. The van der Waals surface area contributed by atoms with E-state index in [0.717, 1.165) is 24.7 Å². The van der Waals surface area contributed by atoms with Crippen molar-refractivity contribution in [3.8, 4) is 0 Å². The quantitative estimate of drug-likeness (QED) is 0.813. The number of aromatic nitrogens is 2. The summed E-state index contributed by atoms with van der Waals surface area (Å²) in [7, 11) is 0. The second kappa shape index (κ2) is 5.97. The second-order valence-corrected chi connectivity index (χ2v) is 4.45. The minimum absolute atomic E-state index is 0.0337. The summed E-state index contributed by atoms with van der Waals surface area (Å²) in [5, 5.41) is 12.4. The molecule has 0 aromatic carbocycles. The molecular formula is C12H20N4O2. The number of nitrogens with one attached hydrogen (secondary N) is 1. The maximum atomic E-state index is 9.22. The van der Waals surface area contributed by atoms with Gasteiger partial charge in [-0.2, -0.15) is 0 Å². The van der Waals surface area contributed by atoms with Gasteiger partial charge < -0.3 is 20.1 Å². The molecule has 1 aliphatic heterocycles. The number of morpholine rings is 1. The Morgan fingerprint density at radius 3 is 3.06 bits per heavy atom. The molecule has 6 heteroatoms. The molecule has 0 spiro atoms. The molecule has 2 unspecified atom stereocenters. The van der Waals surface area contributed by atoms with Crippen LogP contribution in [0.15, 0.2) is 12.4 Å². The number of aliphatic hydroxyl groups excluding tert-OH is 1. The van der Waals surface area contributed by atoms with Crippen LogP contribution in [0.2, 0.25) is 0 Å². The first-order valence-electron chi connectivity index (χ1n) is 6.30. The van der Waals surface area contributed by atoms with Gasteiger partial charge in [-0.05, 0) is 13.8 Å². The Bertz CT molecular complexity index is 388. The van der Waals surface area contributed by atoms with Crippen molar-refractivity contribution in [3.05, 3.63) is 12.4 Å². The van der Waals surface area contributed by atoms with Crippen LogP contribution in [0.25, 0.3) is 0 Å². The SMILES string of the molecule is CCNc1cc(N2CC(C)OC(CO)C2)ncn1. The molecule has 0 saturated carbocycles. The van der Waals surface area contributed by atoms with Crippen LogP contribution in [-0.2, 0) is 4.74 Å². The number of rotatable bonds is 4. The predicted molar refractivity (Wildman–Crippen MR) is 69.8 cm³/mol. The van der Waals surface area contributed by atoms with E-state index in [4.69, 9.17) is 4.74 Å². The van der Waals surface area contributed by atoms with E-state index >= 15 is 0 Å². The van der Waals surface area contributed by atoms with E-state index in [9.17, 15) is 5.11 Å². The highest BCUT2D eigenvalue weighted by atomic mass is 16.5. The van der Waals surface area contributed by atoms with E-state index in [1.54, 1.807) is 6.33 Å². The highest BCUT2D eigenvalue weighted by Gasteiger charge is 2.25. The lowest BCUT2D eigenvalue weighted by Gasteiger charge is -2.36. The molecule has 1 aliphatic rings. The van der Waals surface area contributed by atoms with E-state index in [0.29, 0.717) is 6.54 Å². The Balaban J connectivity index is 2.11. The summed E-state index contributed by atoms with van der Waals surface area (Å²) in [6.07, 6.45) is 1.50. The average molecular weight is 252 g/mol. The van der Waals surface area contributed by atoms with Gasteiger partial charge in [0.15, 0.2) is 0 Å². The van der Waals surface area contributed by atoms with Gasteiger partial charge in [-0.3, -0.25) is 0 Å². The third-order valence-electron chi connectivity index (χ3n) is 2.86. The van der Waals surface area contributed by atoms with Gasteiger partial charge in [-0.15, -0.1) is 0 Å². The Morgan fingerprint density at radius 1 is 1.50 bits per heavy atom. The summed E-state index contributed by atoms with van der Waals surface area (Å²) >= 11 is 0. The Labute approximate surface area is 107 Å². The van der Waals surface area contributed by atoms with E-state index < -0.39 is 0 Å². The summed E-state index contributed by atoms with van der Waals surface area (Å²) in [5.74, 6) is 1.69. The summed E-state index contributed by atoms with van der Waals surface area (Å²) in [4.78, 5) is 10.6. The standard InChI is InChI=1S/C12H20N4O2/c1-3-13-11-4-12(15-8-14-11)16-5-9(2)18-10(6-16)7-17/h4,8-10,17H,3,5-7H2,1-2H3,(H,13,14,15). The van der Waals surface area contributed by atoms with Gasteiger partial charge in [0, 0.05) is 25.7 Å². The lowest BCUT2D eigenvalue weighted by molar-refractivity contribution is -0.0423. The maximum absolute atomic E-state index is 9.22. The third kappa shape index (κ3) is 3.08. The summed E-state index contributed by atoms with van der Waals surface area (Å²) < 4.78 is 5.61. The molecule has 2 N–H and O–H groups in total.